The molecule has 0 radical (unpaired) electrons. The fourth-order valence-corrected chi connectivity index (χ4v) is 3.77. The summed E-state index contributed by atoms with van der Waals surface area (Å²) in [6, 6.07) is 9.40. The molecule has 1 heterocycles. The van der Waals surface area contributed by atoms with E-state index < -0.39 is 0 Å². The first kappa shape index (κ1) is 20.4. The van der Waals surface area contributed by atoms with E-state index in [0.717, 1.165) is 10.0 Å². The maximum Gasteiger partial charge on any atom is 0.264 e. The first-order chi connectivity index (χ1) is 13.5. The Hall–Kier alpha value is -2.32. The van der Waals surface area contributed by atoms with Crippen molar-refractivity contribution in [3.05, 3.63) is 57.2 Å². The Morgan fingerprint density at radius 2 is 1.82 bits per heavy atom. The van der Waals surface area contributed by atoms with E-state index in [0.29, 0.717) is 40.5 Å². The zero-order chi connectivity index (χ0) is 20.1. The van der Waals surface area contributed by atoms with Gasteiger partial charge in [-0.05, 0) is 77.9 Å². The molecular weight excluding hydrogens is 447 g/mol. The topological polar surface area (TPSA) is 59.9 Å². The highest BCUT2D eigenvalue weighted by Crippen LogP contribution is 2.36. The number of nitrogens with one attached hydrogen (secondary N) is 1. The lowest BCUT2D eigenvalue weighted by atomic mass is 10.1. The molecule has 0 bridgehead atoms. The zero-order valence-corrected chi connectivity index (χ0v) is 17.7. The summed E-state index contributed by atoms with van der Waals surface area (Å²) in [5.74, 6) is 0.713. The molecule has 0 aromatic heterocycles. The van der Waals surface area contributed by atoms with Gasteiger partial charge in [0, 0.05) is 11.6 Å². The van der Waals surface area contributed by atoms with Gasteiger partial charge in [0.05, 0.1) is 28.3 Å². The molecule has 28 heavy (non-hydrogen) atoms. The van der Waals surface area contributed by atoms with Gasteiger partial charge in [-0.1, -0.05) is 0 Å². The molecule has 8 heteroatoms. The number of rotatable bonds is 6. The van der Waals surface area contributed by atoms with Crippen molar-refractivity contribution in [3.8, 4) is 11.5 Å². The summed E-state index contributed by atoms with van der Waals surface area (Å²) in [7, 11) is 0. The van der Waals surface area contributed by atoms with E-state index >= 15 is 0 Å². The van der Waals surface area contributed by atoms with Crippen LogP contribution in [0.5, 0.6) is 11.5 Å². The first-order valence-corrected chi connectivity index (χ1v) is 10.3. The van der Waals surface area contributed by atoms with Gasteiger partial charge in [0.2, 0.25) is 0 Å². The van der Waals surface area contributed by atoms with Gasteiger partial charge in [-0.3, -0.25) is 4.79 Å². The molecule has 1 N–H and O–H groups in total. The van der Waals surface area contributed by atoms with E-state index in [4.69, 9.17) is 9.47 Å². The lowest BCUT2D eigenvalue weighted by Gasteiger charge is -2.12. The minimum atomic E-state index is -0.336. The van der Waals surface area contributed by atoms with E-state index in [-0.39, 0.29) is 11.7 Å². The molecule has 0 unspecified atom stereocenters. The van der Waals surface area contributed by atoms with Crippen LogP contribution in [0.15, 0.2) is 50.8 Å². The van der Waals surface area contributed by atoms with Gasteiger partial charge < -0.3 is 14.8 Å². The zero-order valence-electron chi connectivity index (χ0n) is 15.3. The number of carbonyl (C=O) groups is 1. The van der Waals surface area contributed by atoms with Crippen molar-refractivity contribution >= 4 is 50.5 Å². The second-order valence-corrected chi connectivity index (χ2v) is 7.53. The van der Waals surface area contributed by atoms with Crippen molar-refractivity contribution in [1.29, 1.82) is 0 Å². The van der Waals surface area contributed by atoms with Crippen molar-refractivity contribution in [3.63, 3.8) is 0 Å². The standard InChI is InChI=1S/C20H18BrFN2O3S/c1-3-26-16-11-17(27-4-2)15(21)9-12(16)10-18-19(25)24-20(28-18)23-14-7-5-13(22)6-8-14/h5-11H,3-4H2,1-2H3,(H,23,24,25)/b18-10+. The molecule has 0 aliphatic carbocycles. The van der Waals surface area contributed by atoms with E-state index in [1.165, 1.54) is 23.9 Å². The molecule has 5 nitrogen and oxygen atoms in total. The molecule has 1 fully saturated rings. The van der Waals surface area contributed by atoms with E-state index in [1.807, 2.05) is 19.9 Å². The molecule has 146 valence electrons. The Labute approximate surface area is 175 Å². The summed E-state index contributed by atoms with van der Waals surface area (Å²) in [6.45, 7) is 4.82. The Balaban J connectivity index is 1.89. The fourth-order valence-electron chi connectivity index (χ4n) is 2.46. The predicted octanol–water partition coefficient (Wildman–Crippen LogP) is 5.28. The van der Waals surface area contributed by atoms with Crippen LogP contribution in [-0.4, -0.2) is 24.3 Å². The monoisotopic (exact) mass is 464 g/mol. The highest BCUT2D eigenvalue weighted by molar-refractivity contribution is 9.10. The molecule has 2 aromatic rings. The van der Waals surface area contributed by atoms with E-state index in [2.05, 4.69) is 26.2 Å². The second-order valence-electron chi connectivity index (χ2n) is 5.64. The lowest BCUT2D eigenvalue weighted by molar-refractivity contribution is -0.115. The van der Waals surface area contributed by atoms with Crippen LogP contribution < -0.4 is 14.8 Å². The Morgan fingerprint density at radius 1 is 1.14 bits per heavy atom. The van der Waals surface area contributed by atoms with Crippen molar-refractivity contribution in [1.82, 2.24) is 5.32 Å². The summed E-state index contributed by atoms with van der Waals surface area (Å²) in [5.41, 5.74) is 1.31. The third-order valence-electron chi connectivity index (χ3n) is 3.66. The highest BCUT2D eigenvalue weighted by Gasteiger charge is 2.24. The fraction of sp³-hybridized carbons (Fsp3) is 0.200. The van der Waals surface area contributed by atoms with Gasteiger partial charge in [0.15, 0.2) is 5.17 Å². The Kier molecular flexibility index (Phi) is 6.74. The molecule has 2 aromatic carbocycles. The summed E-state index contributed by atoms with van der Waals surface area (Å²) >= 11 is 4.70. The number of amides is 1. The first-order valence-electron chi connectivity index (χ1n) is 8.64. The van der Waals surface area contributed by atoms with Crippen LogP contribution in [0, 0.1) is 5.82 Å². The highest BCUT2D eigenvalue weighted by atomic mass is 79.9. The van der Waals surface area contributed by atoms with Crippen LogP contribution >= 0.6 is 27.7 Å². The molecule has 3 rings (SSSR count). The van der Waals surface area contributed by atoms with Gasteiger partial charge in [-0.25, -0.2) is 9.38 Å². The number of nitrogens with zero attached hydrogens (tertiary/aromatic N) is 1. The molecule has 1 aliphatic rings. The van der Waals surface area contributed by atoms with Crippen LogP contribution in [0.1, 0.15) is 19.4 Å². The summed E-state index contributed by atoms with van der Waals surface area (Å²) in [6.07, 6.45) is 1.75. The normalized spacial score (nSPS) is 16.5. The van der Waals surface area contributed by atoms with Gasteiger partial charge in [0.1, 0.15) is 17.3 Å². The van der Waals surface area contributed by atoms with Crippen molar-refractivity contribution in [2.24, 2.45) is 4.99 Å². The summed E-state index contributed by atoms with van der Waals surface area (Å²) in [4.78, 5) is 17.2. The number of hydrogen-bond acceptors (Lipinski definition) is 5. The van der Waals surface area contributed by atoms with Crippen LogP contribution in [0.4, 0.5) is 10.1 Å². The average molecular weight is 465 g/mol. The third kappa shape index (κ3) is 4.94. The second kappa shape index (κ2) is 9.25. The largest absolute Gasteiger partial charge is 0.493 e. The number of halogens is 2. The molecule has 0 saturated carbocycles. The summed E-state index contributed by atoms with van der Waals surface area (Å²) in [5, 5.41) is 3.16. The third-order valence-corrected chi connectivity index (χ3v) is 5.19. The smallest absolute Gasteiger partial charge is 0.264 e. The van der Waals surface area contributed by atoms with Gasteiger partial charge in [0.25, 0.3) is 5.91 Å². The van der Waals surface area contributed by atoms with E-state index in [1.54, 1.807) is 24.3 Å². The number of carbonyl (C=O) groups excluding carboxylic acids is 1. The molecular formula is C20H18BrFN2O3S. The number of amidine groups is 1. The van der Waals surface area contributed by atoms with Crippen molar-refractivity contribution < 1.29 is 18.7 Å². The molecule has 1 saturated heterocycles. The van der Waals surface area contributed by atoms with E-state index in [9.17, 15) is 9.18 Å². The number of benzene rings is 2. The summed E-state index contributed by atoms with van der Waals surface area (Å²) < 4.78 is 25.1. The molecule has 1 amide bonds. The number of aliphatic imine (C=N–C) groups is 1. The van der Waals surface area contributed by atoms with Crippen LogP contribution in [0.2, 0.25) is 0 Å². The van der Waals surface area contributed by atoms with Gasteiger partial charge >= 0.3 is 0 Å². The Morgan fingerprint density at radius 3 is 2.50 bits per heavy atom. The van der Waals surface area contributed by atoms with Gasteiger partial charge in [-0.15, -0.1) is 0 Å². The Bertz CT molecular complexity index is 945. The predicted molar refractivity (Wildman–Crippen MR) is 114 cm³/mol. The molecule has 0 spiro atoms. The maximum atomic E-state index is 13.0. The van der Waals surface area contributed by atoms with Gasteiger partial charge in [-0.2, -0.15) is 0 Å². The minimum Gasteiger partial charge on any atom is -0.493 e. The number of hydrogen-bond donors (Lipinski definition) is 1. The molecule has 1 aliphatic heterocycles. The van der Waals surface area contributed by atoms with Crippen molar-refractivity contribution in [2.45, 2.75) is 13.8 Å². The quantitative estimate of drug-likeness (QED) is 0.590. The number of ether oxygens (including phenoxy) is 2. The van der Waals surface area contributed by atoms with Crippen molar-refractivity contribution in [2.75, 3.05) is 13.2 Å². The van der Waals surface area contributed by atoms with Crippen LogP contribution in [0.3, 0.4) is 0 Å². The van der Waals surface area contributed by atoms with Crippen LogP contribution in [-0.2, 0) is 4.79 Å². The average Bonchev–Trinajstić information content (AvgIpc) is 3.00. The lowest BCUT2D eigenvalue weighted by Crippen LogP contribution is -2.19. The number of thioether (sulfide) groups is 1. The molecule has 0 atom stereocenters. The van der Waals surface area contributed by atoms with Crippen LogP contribution in [0.25, 0.3) is 6.08 Å². The minimum absolute atomic E-state index is 0.252. The SMILES string of the molecule is CCOc1cc(OCC)c(/C=C2/SC(=Nc3ccc(F)cc3)NC2=O)cc1Br. The maximum absolute atomic E-state index is 13.0.